The van der Waals surface area contributed by atoms with E-state index in [2.05, 4.69) is 14.9 Å². The third-order valence-corrected chi connectivity index (χ3v) is 4.52. The van der Waals surface area contributed by atoms with Gasteiger partial charge in [-0.25, -0.2) is 14.4 Å². The first-order chi connectivity index (χ1) is 11.6. The average molecular weight is 329 g/mol. The van der Waals surface area contributed by atoms with Gasteiger partial charge in [0.1, 0.15) is 17.3 Å². The number of nitrogens with zero attached hydrogens (tertiary/aromatic N) is 3. The van der Waals surface area contributed by atoms with Crippen LogP contribution >= 0.6 is 0 Å². The maximum Gasteiger partial charge on any atom is 0.172 e. The van der Waals surface area contributed by atoms with Crippen LogP contribution in [0.15, 0.2) is 24.3 Å². The molecule has 6 heteroatoms. The van der Waals surface area contributed by atoms with Crippen LogP contribution in [-0.2, 0) is 6.42 Å². The first-order valence-electron chi connectivity index (χ1n) is 8.09. The topological polar surface area (TPSA) is 66.3 Å². The van der Waals surface area contributed by atoms with E-state index in [1.807, 2.05) is 0 Å². The van der Waals surface area contributed by atoms with Crippen LogP contribution in [0.2, 0.25) is 0 Å². The zero-order valence-corrected chi connectivity index (χ0v) is 13.6. The molecule has 0 bridgehead atoms. The van der Waals surface area contributed by atoms with Crippen LogP contribution in [0.4, 0.5) is 10.1 Å². The van der Waals surface area contributed by atoms with E-state index in [1.165, 1.54) is 12.1 Å². The molecule has 0 atom stereocenters. The van der Waals surface area contributed by atoms with Gasteiger partial charge in [0.25, 0.3) is 0 Å². The van der Waals surface area contributed by atoms with Gasteiger partial charge in [0.15, 0.2) is 12.0 Å². The Balaban J connectivity index is 1.62. The van der Waals surface area contributed by atoms with E-state index in [1.54, 1.807) is 19.1 Å². The number of carbonyl (C=O) groups is 1. The zero-order chi connectivity index (χ0) is 17.1. The Labute approximate surface area is 140 Å². The molecule has 1 aliphatic rings. The fourth-order valence-corrected chi connectivity index (χ4v) is 3.13. The number of aromatic nitrogens is 2. The van der Waals surface area contributed by atoms with Gasteiger partial charge in [-0.05, 0) is 49.9 Å². The molecular weight excluding hydrogens is 309 g/mol. The highest BCUT2D eigenvalue weighted by Gasteiger charge is 2.21. The summed E-state index contributed by atoms with van der Waals surface area (Å²) < 4.78 is 13.0. The van der Waals surface area contributed by atoms with E-state index in [0.717, 1.165) is 31.6 Å². The Morgan fingerprint density at radius 1 is 1.25 bits per heavy atom. The number of hydrogen-bond donors (Lipinski definition) is 1. The van der Waals surface area contributed by atoms with Crippen molar-refractivity contribution in [2.45, 2.75) is 26.2 Å². The zero-order valence-electron chi connectivity index (χ0n) is 13.6. The van der Waals surface area contributed by atoms with Crippen LogP contribution in [0.3, 0.4) is 0 Å². The van der Waals surface area contributed by atoms with Crippen molar-refractivity contribution in [2.24, 2.45) is 5.92 Å². The number of aldehydes is 1. The molecule has 1 aromatic heterocycles. The number of aromatic hydroxyl groups is 1. The van der Waals surface area contributed by atoms with Crippen molar-refractivity contribution in [3.05, 3.63) is 47.3 Å². The summed E-state index contributed by atoms with van der Waals surface area (Å²) in [6, 6.07) is 6.57. The Kier molecular flexibility index (Phi) is 4.74. The smallest absolute Gasteiger partial charge is 0.172 e. The molecule has 1 saturated heterocycles. The summed E-state index contributed by atoms with van der Waals surface area (Å²) in [6.45, 7) is 3.46. The maximum absolute atomic E-state index is 13.0. The van der Waals surface area contributed by atoms with Gasteiger partial charge in [0.05, 0.1) is 5.69 Å². The van der Waals surface area contributed by atoms with Gasteiger partial charge in [-0.3, -0.25) is 4.79 Å². The van der Waals surface area contributed by atoms with Gasteiger partial charge in [-0.1, -0.05) is 0 Å². The number of halogens is 1. The molecule has 24 heavy (non-hydrogen) atoms. The first kappa shape index (κ1) is 16.4. The number of anilines is 1. The van der Waals surface area contributed by atoms with Crippen molar-refractivity contribution in [1.82, 2.24) is 9.97 Å². The number of carbonyl (C=O) groups excluding carboxylic acids is 1. The average Bonchev–Trinajstić information content (AvgIpc) is 2.59. The molecule has 0 radical (unpaired) electrons. The van der Waals surface area contributed by atoms with Crippen LogP contribution in [0.25, 0.3) is 0 Å². The highest BCUT2D eigenvalue weighted by Crippen LogP contribution is 2.26. The molecule has 0 aliphatic carbocycles. The third-order valence-electron chi connectivity index (χ3n) is 4.52. The number of rotatable bonds is 4. The predicted molar refractivity (Wildman–Crippen MR) is 88.9 cm³/mol. The van der Waals surface area contributed by atoms with Crippen molar-refractivity contribution in [2.75, 3.05) is 18.0 Å². The quantitative estimate of drug-likeness (QED) is 0.874. The third kappa shape index (κ3) is 3.53. The summed E-state index contributed by atoms with van der Waals surface area (Å²) in [7, 11) is 0. The van der Waals surface area contributed by atoms with Gasteiger partial charge in [-0.15, -0.1) is 0 Å². The second-order valence-corrected chi connectivity index (χ2v) is 6.19. The number of benzene rings is 1. The van der Waals surface area contributed by atoms with Gasteiger partial charge in [0.2, 0.25) is 0 Å². The van der Waals surface area contributed by atoms with Crippen molar-refractivity contribution < 1.29 is 14.3 Å². The Morgan fingerprint density at radius 2 is 1.92 bits per heavy atom. The highest BCUT2D eigenvalue weighted by molar-refractivity contribution is 5.76. The molecule has 2 aromatic rings. The van der Waals surface area contributed by atoms with E-state index >= 15 is 0 Å². The molecule has 2 heterocycles. The molecule has 3 rings (SSSR count). The highest BCUT2D eigenvalue weighted by atomic mass is 19.1. The standard InChI is InChI=1S/C18H20FN3O2/c1-12-18(24)16(11-23)21-17(20-12)10-13-6-8-22(9-7-13)15-4-2-14(19)3-5-15/h2-5,11,13,24H,6-10H2,1H3. The molecule has 1 aliphatic heterocycles. The number of piperidine rings is 1. The molecule has 0 amide bonds. The predicted octanol–water partition coefficient (Wildman–Crippen LogP) is 2.90. The van der Waals surface area contributed by atoms with Crippen LogP contribution in [0, 0.1) is 18.7 Å². The fraction of sp³-hybridized carbons (Fsp3) is 0.389. The Bertz CT molecular complexity index is 726. The SMILES string of the molecule is Cc1nc(CC2CCN(c3ccc(F)cc3)CC2)nc(C=O)c1O. The van der Waals surface area contributed by atoms with Crippen LogP contribution in [0.5, 0.6) is 5.75 Å². The molecule has 1 N–H and O–H groups in total. The van der Waals surface area contributed by atoms with E-state index in [4.69, 9.17) is 0 Å². The Morgan fingerprint density at radius 3 is 2.54 bits per heavy atom. The second-order valence-electron chi connectivity index (χ2n) is 6.19. The molecule has 1 fully saturated rings. The van der Waals surface area contributed by atoms with Crippen LogP contribution < -0.4 is 4.90 Å². The minimum absolute atomic E-state index is 0.0567. The number of hydrogen-bond acceptors (Lipinski definition) is 5. The summed E-state index contributed by atoms with van der Waals surface area (Å²) >= 11 is 0. The van der Waals surface area contributed by atoms with E-state index in [-0.39, 0.29) is 17.3 Å². The lowest BCUT2D eigenvalue weighted by molar-refractivity contribution is 0.111. The van der Waals surface area contributed by atoms with E-state index in [9.17, 15) is 14.3 Å². The lowest BCUT2D eigenvalue weighted by Gasteiger charge is -2.33. The second kappa shape index (κ2) is 6.95. The van der Waals surface area contributed by atoms with Gasteiger partial charge >= 0.3 is 0 Å². The van der Waals surface area contributed by atoms with Crippen LogP contribution in [-0.4, -0.2) is 34.5 Å². The lowest BCUT2D eigenvalue weighted by atomic mass is 9.93. The molecule has 0 saturated carbocycles. The maximum atomic E-state index is 13.0. The minimum atomic E-state index is -0.223. The Hall–Kier alpha value is -2.50. The molecule has 126 valence electrons. The summed E-state index contributed by atoms with van der Waals surface area (Å²) in [4.78, 5) is 21.6. The monoisotopic (exact) mass is 329 g/mol. The van der Waals surface area contributed by atoms with Crippen molar-refractivity contribution >= 4 is 12.0 Å². The summed E-state index contributed by atoms with van der Waals surface area (Å²) in [6.07, 6.45) is 3.22. The first-order valence-corrected chi connectivity index (χ1v) is 8.09. The normalized spacial score (nSPS) is 15.5. The van der Waals surface area contributed by atoms with E-state index < -0.39 is 0 Å². The van der Waals surface area contributed by atoms with Gasteiger partial charge in [-0.2, -0.15) is 0 Å². The summed E-state index contributed by atoms with van der Waals surface area (Å²) in [5.74, 6) is 0.678. The van der Waals surface area contributed by atoms with Crippen molar-refractivity contribution in [3.8, 4) is 5.75 Å². The fourth-order valence-electron chi connectivity index (χ4n) is 3.13. The van der Waals surface area contributed by atoms with Gasteiger partial charge < -0.3 is 10.0 Å². The minimum Gasteiger partial charge on any atom is -0.504 e. The molecule has 0 spiro atoms. The lowest BCUT2D eigenvalue weighted by Crippen LogP contribution is -2.34. The summed E-state index contributed by atoms with van der Waals surface area (Å²) in [5, 5.41) is 9.72. The number of aryl methyl sites for hydroxylation is 1. The molecule has 5 nitrogen and oxygen atoms in total. The largest absolute Gasteiger partial charge is 0.504 e. The van der Waals surface area contributed by atoms with Crippen molar-refractivity contribution in [1.29, 1.82) is 0 Å². The van der Waals surface area contributed by atoms with Crippen molar-refractivity contribution in [3.63, 3.8) is 0 Å². The van der Waals surface area contributed by atoms with E-state index in [0.29, 0.717) is 30.1 Å². The molecular formula is C18H20FN3O2. The van der Waals surface area contributed by atoms with Gasteiger partial charge in [0, 0.05) is 25.2 Å². The summed E-state index contributed by atoms with van der Waals surface area (Å²) in [5.41, 5.74) is 1.53. The molecule has 0 unspecified atom stereocenters. The molecule has 1 aromatic carbocycles. The van der Waals surface area contributed by atoms with Crippen LogP contribution in [0.1, 0.15) is 34.8 Å².